The van der Waals surface area contributed by atoms with Crippen molar-refractivity contribution in [2.45, 2.75) is 64.4 Å². The summed E-state index contributed by atoms with van der Waals surface area (Å²) in [5, 5.41) is 0. The van der Waals surface area contributed by atoms with Crippen LogP contribution in [0.2, 0.25) is 0 Å². The van der Waals surface area contributed by atoms with Crippen molar-refractivity contribution in [1.29, 1.82) is 0 Å². The van der Waals surface area contributed by atoms with E-state index in [2.05, 4.69) is 6.92 Å². The minimum Gasteiger partial charge on any atom is -0.378 e. The highest BCUT2D eigenvalue weighted by atomic mass is 19.1. The van der Waals surface area contributed by atoms with Gasteiger partial charge in [-0.1, -0.05) is 12.1 Å². The zero-order chi connectivity index (χ0) is 20.5. The van der Waals surface area contributed by atoms with Gasteiger partial charge in [0.1, 0.15) is 17.5 Å². The summed E-state index contributed by atoms with van der Waals surface area (Å²) >= 11 is 0. The molecule has 4 heteroatoms. The Morgan fingerprint density at radius 3 is 2.24 bits per heavy atom. The Kier molecular flexibility index (Phi) is 6.00. The first-order valence-electron chi connectivity index (χ1n) is 10.8. The second-order valence-corrected chi connectivity index (χ2v) is 8.72. The molecule has 0 spiro atoms. The second-order valence-electron chi connectivity index (χ2n) is 8.72. The van der Waals surface area contributed by atoms with E-state index < -0.39 is 17.5 Å². The van der Waals surface area contributed by atoms with Crippen LogP contribution in [0, 0.1) is 36.2 Å². The van der Waals surface area contributed by atoms with Gasteiger partial charge in [0.05, 0.1) is 6.10 Å². The molecule has 0 heterocycles. The molecule has 0 aromatic heterocycles. The largest absolute Gasteiger partial charge is 0.378 e. The summed E-state index contributed by atoms with van der Waals surface area (Å²) in [6, 6.07) is 7.59. The lowest BCUT2D eigenvalue weighted by molar-refractivity contribution is -0.00956. The summed E-state index contributed by atoms with van der Waals surface area (Å²) in [5.74, 6) is 0.0591. The highest BCUT2D eigenvalue weighted by molar-refractivity contribution is 5.65. The fraction of sp³-hybridized carbons (Fsp3) is 0.520. The van der Waals surface area contributed by atoms with Crippen molar-refractivity contribution < 1.29 is 17.9 Å². The van der Waals surface area contributed by atoms with Crippen LogP contribution in [-0.4, -0.2) is 12.7 Å². The first-order valence-corrected chi connectivity index (χ1v) is 10.8. The number of benzene rings is 2. The summed E-state index contributed by atoms with van der Waals surface area (Å²) < 4.78 is 48.5. The van der Waals surface area contributed by atoms with Crippen molar-refractivity contribution in [3.8, 4) is 11.1 Å². The Morgan fingerprint density at radius 1 is 0.862 bits per heavy atom. The molecule has 4 rings (SSSR count). The van der Waals surface area contributed by atoms with E-state index in [0.717, 1.165) is 50.2 Å². The molecule has 2 aliphatic carbocycles. The smallest absolute Gasteiger partial charge is 0.131 e. The van der Waals surface area contributed by atoms with Gasteiger partial charge in [0.2, 0.25) is 0 Å². The van der Waals surface area contributed by atoms with Crippen LogP contribution < -0.4 is 0 Å². The molecule has 2 fully saturated rings. The molecule has 2 aliphatic rings. The summed E-state index contributed by atoms with van der Waals surface area (Å²) in [7, 11) is 0. The van der Waals surface area contributed by atoms with E-state index in [1.54, 1.807) is 12.1 Å². The molecule has 2 aromatic carbocycles. The van der Waals surface area contributed by atoms with Gasteiger partial charge >= 0.3 is 0 Å². The van der Waals surface area contributed by atoms with Gasteiger partial charge < -0.3 is 4.74 Å². The molecular formula is C25H29F3O. The van der Waals surface area contributed by atoms with Crippen molar-refractivity contribution in [3.05, 3.63) is 58.9 Å². The second kappa shape index (κ2) is 8.51. The molecule has 0 N–H and O–H groups in total. The van der Waals surface area contributed by atoms with E-state index in [4.69, 9.17) is 4.74 Å². The molecule has 29 heavy (non-hydrogen) atoms. The Morgan fingerprint density at radius 2 is 1.55 bits per heavy atom. The standard InChI is InChI=1S/C25H29F3O/c1-3-29-21-8-6-17-10-16(4-5-18(17)11-21)19-7-9-22(25(28)12-19)20-13-23(26)15(2)24(27)14-20/h7,9,12-14,16-18,21H,3-6,8,10-11H2,1-2H3. The number of hydrogen-bond acceptors (Lipinski definition) is 1. The van der Waals surface area contributed by atoms with Crippen molar-refractivity contribution in [3.63, 3.8) is 0 Å². The number of ether oxygens (including phenoxy) is 1. The minimum atomic E-state index is -0.649. The third-order valence-electron chi connectivity index (χ3n) is 7.02. The van der Waals surface area contributed by atoms with E-state index in [1.807, 2.05) is 6.07 Å². The van der Waals surface area contributed by atoms with Gasteiger partial charge in [0.25, 0.3) is 0 Å². The molecule has 0 aliphatic heterocycles. The Labute approximate surface area is 171 Å². The molecule has 4 unspecified atom stereocenters. The fourth-order valence-electron chi connectivity index (χ4n) is 5.36. The van der Waals surface area contributed by atoms with Crippen LogP contribution in [0.3, 0.4) is 0 Å². The lowest BCUT2D eigenvalue weighted by Gasteiger charge is -2.42. The molecule has 0 radical (unpaired) electrons. The highest BCUT2D eigenvalue weighted by Crippen LogP contribution is 2.47. The molecule has 0 saturated heterocycles. The van der Waals surface area contributed by atoms with Gasteiger partial charge in [-0.2, -0.15) is 0 Å². The molecule has 2 aromatic rings. The fourth-order valence-corrected chi connectivity index (χ4v) is 5.36. The molecule has 0 amide bonds. The maximum Gasteiger partial charge on any atom is 0.131 e. The zero-order valence-corrected chi connectivity index (χ0v) is 17.2. The highest BCUT2D eigenvalue weighted by Gasteiger charge is 2.36. The maximum absolute atomic E-state index is 14.9. The topological polar surface area (TPSA) is 9.23 Å². The van der Waals surface area contributed by atoms with Crippen LogP contribution >= 0.6 is 0 Å². The maximum atomic E-state index is 14.9. The average Bonchev–Trinajstić information content (AvgIpc) is 2.71. The molecule has 2 saturated carbocycles. The molecule has 0 bridgehead atoms. The van der Waals surface area contributed by atoms with Crippen LogP contribution in [0.5, 0.6) is 0 Å². The van der Waals surface area contributed by atoms with E-state index in [-0.39, 0.29) is 16.7 Å². The normalized spacial score (nSPS) is 26.9. The monoisotopic (exact) mass is 402 g/mol. The molecule has 4 atom stereocenters. The van der Waals surface area contributed by atoms with Gasteiger partial charge in [-0.3, -0.25) is 0 Å². The number of halogens is 3. The third kappa shape index (κ3) is 4.23. The number of hydrogen-bond donors (Lipinski definition) is 0. The zero-order valence-electron chi connectivity index (χ0n) is 17.2. The predicted molar refractivity (Wildman–Crippen MR) is 109 cm³/mol. The number of rotatable bonds is 4. The summed E-state index contributed by atoms with van der Waals surface area (Å²) in [5.41, 5.74) is 1.45. The molecular weight excluding hydrogens is 373 g/mol. The van der Waals surface area contributed by atoms with Crippen molar-refractivity contribution >= 4 is 0 Å². The molecule has 1 nitrogen and oxygen atoms in total. The van der Waals surface area contributed by atoms with Crippen LogP contribution in [0.1, 0.15) is 62.5 Å². The van der Waals surface area contributed by atoms with Crippen molar-refractivity contribution in [2.75, 3.05) is 6.61 Å². The van der Waals surface area contributed by atoms with Crippen LogP contribution in [0.4, 0.5) is 13.2 Å². The lowest BCUT2D eigenvalue weighted by atomic mass is 9.65. The lowest BCUT2D eigenvalue weighted by Crippen LogP contribution is -2.33. The van der Waals surface area contributed by atoms with Crippen LogP contribution in [0.15, 0.2) is 30.3 Å². The van der Waals surface area contributed by atoms with E-state index in [0.29, 0.717) is 17.9 Å². The number of fused-ring (bicyclic) bond motifs is 1. The summed E-state index contributed by atoms with van der Waals surface area (Å²) in [4.78, 5) is 0. The van der Waals surface area contributed by atoms with E-state index >= 15 is 0 Å². The summed E-state index contributed by atoms with van der Waals surface area (Å²) in [6.45, 7) is 4.22. The minimum absolute atomic E-state index is 0.0402. The van der Waals surface area contributed by atoms with Crippen molar-refractivity contribution in [2.24, 2.45) is 11.8 Å². The van der Waals surface area contributed by atoms with E-state index in [9.17, 15) is 13.2 Å². The van der Waals surface area contributed by atoms with Crippen LogP contribution in [-0.2, 0) is 4.74 Å². The van der Waals surface area contributed by atoms with Gasteiger partial charge in [0, 0.05) is 17.7 Å². The first kappa shape index (κ1) is 20.5. The quantitative estimate of drug-likeness (QED) is 0.527. The molecule has 156 valence electrons. The third-order valence-corrected chi connectivity index (χ3v) is 7.02. The van der Waals surface area contributed by atoms with Gasteiger partial charge in [-0.15, -0.1) is 0 Å². The van der Waals surface area contributed by atoms with Gasteiger partial charge in [-0.25, -0.2) is 13.2 Å². The SMILES string of the molecule is CCOC1CCC2CC(c3ccc(-c4cc(F)c(C)c(F)c4)c(F)c3)CCC2C1. The summed E-state index contributed by atoms with van der Waals surface area (Å²) in [6.07, 6.45) is 7.20. The van der Waals surface area contributed by atoms with E-state index in [1.165, 1.54) is 25.5 Å². The van der Waals surface area contributed by atoms with Gasteiger partial charge in [-0.05, 0) is 99.5 Å². The Bertz CT molecular complexity index is 855. The van der Waals surface area contributed by atoms with Crippen LogP contribution in [0.25, 0.3) is 11.1 Å². The van der Waals surface area contributed by atoms with Crippen molar-refractivity contribution in [1.82, 2.24) is 0 Å². The first-order chi connectivity index (χ1) is 14.0. The van der Waals surface area contributed by atoms with Gasteiger partial charge in [0.15, 0.2) is 0 Å². The predicted octanol–water partition coefficient (Wildman–Crippen LogP) is 7.17. The Hall–Kier alpha value is -1.81. The average molecular weight is 403 g/mol. The Balaban J connectivity index is 1.49.